The summed E-state index contributed by atoms with van der Waals surface area (Å²) in [7, 11) is -15.2. The smallest absolute Gasteiger partial charge is 0.332 e. The second kappa shape index (κ2) is 12.9. The van der Waals surface area contributed by atoms with Gasteiger partial charge in [-0.1, -0.05) is 13.3 Å². The molecule has 0 saturated carbocycles. The van der Waals surface area contributed by atoms with Crippen LogP contribution in [0, 0.1) is 0 Å². The second-order valence-corrected chi connectivity index (χ2v) is 11.9. The molecule has 0 bridgehead atoms. The summed E-state index contributed by atoms with van der Waals surface area (Å²) >= 11 is 0. The molecule has 2 aromatic carbocycles. The van der Waals surface area contributed by atoms with Crippen molar-refractivity contribution in [2.75, 3.05) is 38.4 Å². The van der Waals surface area contributed by atoms with Crippen LogP contribution in [0.25, 0.3) is 10.8 Å². The first kappa shape index (κ1) is 31.5. The van der Waals surface area contributed by atoms with E-state index in [1.807, 2.05) is 6.92 Å². The summed E-state index contributed by atoms with van der Waals surface area (Å²) in [6.07, 6.45) is 1.56. The van der Waals surface area contributed by atoms with Crippen LogP contribution in [0.5, 0.6) is 0 Å². The number of anilines is 1. The molecule has 1 amide bonds. The molecule has 212 valence electrons. The minimum absolute atomic E-state index is 0.0946. The first-order valence-electron chi connectivity index (χ1n) is 10.7. The number of hydrogen-bond acceptors (Lipinski definition) is 11. The van der Waals surface area contributed by atoms with E-state index in [1.54, 1.807) is 0 Å². The largest absolute Gasteiger partial charge is 0.464 e. The molecule has 2 aromatic rings. The normalized spacial score (nSPS) is 12.4. The molecule has 18 heteroatoms. The first-order valence-corrected chi connectivity index (χ1v) is 15.0. The van der Waals surface area contributed by atoms with Gasteiger partial charge in [-0.3, -0.25) is 18.5 Å². The Labute approximate surface area is 218 Å². The topological polar surface area (TPSA) is 237 Å². The zero-order valence-corrected chi connectivity index (χ0v) is 22.3. The number of amides is 1. The molecule has 0 radical (unpaired) electrons. The minimum Gasteiger partial charge on any atom is -0.464 e. The Hall–Kier alpha value is -2.71. The van der Waals surface area contributed by atoms with Gasteiger partial charge in [-0.2, -0.15) is 25.3 Å². The van der Waals surface area contributed by atoms with E-state index in [-0.39, 0.29) is 26.4 Å². The highest BCUT2D eigenvalue weighted by Crippen LogP contribution is 2.35. The molecular weight excluding hydrogens is 574 g/mol. The third-order valence-electron chi connectivity index (χ3n) is 4.69. The maximum absolute atomic E-state index is 12.4. The molecule has 0 aliphatic carbocycles. The Morgan fingerprint density at radius 3 is 1.87 bits per heavy atom. The van der Waals surface area contributed by atoms with Crippen LogP contribution in [0.4, 0.5) is 5.69 Å². The maximum atomic E-state index is 12.4. The Kier molecular flexibility index (Phi) is 10.7. The van der Waals surface area contributed by atoms with Crippen molar-refractivity contribution in [3.63, 3.8) is 0 Å². The zero-order valence-electron chi connectivity index (χ0n) is 19.8. The second-order valence-electron chi connectivity index (χ2n) is 7.64. The Bertz CT molecular complexity index is 1510. The molecule has 0 spiro atoms. The fraction of sp³-hybridized carbons (Fsp3) is 0.400. The fourth-order valence-corrected chi connectivity index (χ4v) is 4.94. The van der Waals surface area contributed by atoms with Crippen LogP contribution in [-0.4, -0.2) is 83.8 Å². The number of ether oxygens (including phenoxy) is 3. The van der Waals surface area contributed by atoms with Crippen molar-refractivity contribution in [3.8, 4) is 0 Å². The summed E-state index contributed by atoms with van der Waals surface area (Å²) in [6, 6.07) is 2.41. The van der Waals surface area contributed by atoms with Crippen molar-refractivity contribution in [2.45, 2.75) is 34.5 Å². The van der Waals surface area contributed by atoms with Crippen molar-refractivity contribution in [2.24, 2.45) is 0 Å². The van der Waals surface area contributed by atoms with E-state index >= 15 is 0 Å². The number of rotatable bonds is 14. The summed E-state index contributed by atoms with van der Waals surface area (Å²) in [5.41, 5.74) is -0.552. The highest BCUT2D eigenvalue weighted by Gasteiger charge is 2.25. The molecule has 2 rings (SSSR count). The van der Waals surface area contributed by atoms with Crippen LogP contribution < -0.4 is 5.32 Å². The summed E-state index contributed by atoms with van der Waals surface area (Å²) in [5, 5.41) is 1.15. The predicted molar refractivity (Wildman–Crippen MR) is 130 cm³/mol. The van der Waals surface area contributed by atoms with Gasteiger partial charge in [0.25, 0.3) is 30.4 Å². The van der Waals surface area contributed by atoms with E-state index in [0.717, 1.165) is 6.42 Å². The van der Waals surface area contributed by atoms with Gasteiger partial charge >= 0.3 is 5.97 Å². The maximum Gasteiger partial charge on any atom is 0.332 e. The lowest BCUT2D eigenvalue weighted by Gasteiger charge is -2.14. The highest BCUT2D eigenvalue weighted by atomic mass is 32.2. The van der Waals surface area contributed by atoms with Crippen LogP contribution in [0.3, 0.4) is 0 Å². The molecule has 0 aliphatic heterocycles. The number of hydrogen-bond donors (Lipinski definition) is 4. The van der Waals surface area contributed by atoms with Crippen LogP contribution in [-0.2, 0) is 54.2 Å². The van der Waals surface area contributed by atoms with Crippen LogP contribution in [0.2, 0.25) is 0 Å². The monoisotopic (exact) mass is 599 g/mol. The molecular formula is C20H25NO14S3. The van der Waals surface area contributed by atoms with E-state index in [0.29, 0.717) is 30.7 Å². The quantitative estimate of drug-likeness (QED) is 0.134. The standard InChI is InChI=1S/C20H25NO14S3/c1-2-3-4-35-19(23)12-34-6-5-33-11-18(22)21-16-9-14(36(24,25)26)7-13-8-15(37(27,28)29)10-17(20(13)16)38(30,31)32/h7-10H,2-6,11-12H2,1H3,(H,21,22)(H,24,25,26)(H,27,28,29)(H,30,31,32). The molecule has 0 aromatic heterocycles. The van der Waals surface area contributed by atoms with Crippen LogP contribution in [0.15, 0.2) is 39.0 Å². The van der Waals surface area contributed by atoms with Gasteiger partial charge in [-0.15, -0.1) is 0 Å². The molecule has 38 heavy (non-hydrogen) atoms. The Morgan fingerprint density at radius 2 is 1.34 bits per heavy atom. The lowest BCUT2D eigenvalue weighted by atomic mass is 10.1. The third kappa shape index (κ3) is 9.24. The van der Waals surface area contributed by atoms with E-state index in [4.69, 9.17) is 14.2 Å². The van der Waals surface area contributed by atoms with Gasteiger partial charge in [0, 0.05) is 5.39 Å². The number of esters is 1. The van der Waals surface area contributed by atoms with Gasteiger partial charge < -0.3 is 19.5 Å². The number of carbonyl (C=O) groups excluding carboxylic acids is 2. The van der Waals surface area contributed by atoms with Crippen molar-refractivity contribution < 1.29 is 62.7 Å². The van der Waals surface area contributed by atoms with Gasteiger partial charge in [-0.25, -0.2) is 4.79 Å². The molecule has 4 N–H and O–H groups in total. The van der Waals surface area contributed by atoms with Crippen LogP contribution in [0.1, 0.15) is 19.8 Å². The lowest BCUT2D eigenvalue weighted by molar-refractivity contribution is -0.149. The van der Waals surface area contributed by atoms with Crippen LogP contribution >= 0.6 is 0 Å². The summed E-state index contributed by atoms with van der Waals surface area (Å²) in [4.78, 5) is 20.8. The zero-order chi connectivity index (χ0) is 28.7. The van der Waals surface area contributed by atoms with Crippen molar-refractivity contribution in [1.29, 1.82) is 0 Å². The summed E-state index contributed by atoms with van der Waals surface area (Å²) in [6.45, 7) is 0.944. The number of benzene rings is 2. The number of unbranched alkanes of at least 4 members (excludes halogenated alkanes) is 1. The minimum atomic E-state index is -5.19. The van der Waals surface area contributed by atoms with E-state index in [9.17, 15) is 48.5 Å². The number of carbonyl (C=O) groups is 2. The average Bonchev–Trinajstić information content (AvgIpc) is 2.78. The molecule has 0 fully saturated rings. The SMILES string of the molecule is CCCCOC(=O)COCCOCC(=O)Nc1cc(S(=O)(=O)O)cc2cc(S(=O)(=O)O)cc(S(=O)(=O)O)c12. The van der Waals surface area contributed by atoms with Crippen molar-refractivity contribution in [3.05, 3.63) is 24.3 Å². The molecule has 0 aliphatic rings. The van der Waals surface area contributed by atoms with E-state index < -0.39 is 80.0 Å². The molecule has 0 saturated heterocycles. The number of nitrogens with one attached hydrogen (secondary N) is 1. The molecule has 0 unspecified atom stereocenters. The van der Waals surface area contributed by atoms with Crippen molar-refractivity contribution >= 4 is 58.7 Å². The molecule has 0 atom stereocenters. The Morgan fingerprint density at radius 1 is 0.789 bits per heavy atom. The molecule has 15 nitrogen and oxygen atoms in total. The lowest BCUT2D eigenvalue weighted by Crippen LogP contribution is -2.21. The fourth-order valence-electron chi connectivity index (χ4n) is 3.02. The van der Waals surface area contributed by atoms with Crippen molar-refractivity contribution in [1.82, 2.24) is 0 Å². The Balaban J connectivity index is 2.25. The molecule has 0 heterocycles. The number of fused-ring (bicyclic) bond motifs is 1. The van der Waals surface area contributed by atoms with E-state index in [2.05, 4.69) is 5.32 Å². The third-order valence-corrected chi connectivity index (χ3v) is 7.23. The van der Waals surface area contributed by atoms with Gasteiger partial charge in [0.05, 0.1) is 35.3 Å². The summed E-state index contributed by atoms with van der Waals surface area (Å²) in [5.74, 6) is -1.52. The average molecular weight is 600 g/mol. The first-order chi connectivity index (χ1) is 17.5. The van der Waals surface area contributed by atoms with Gasteiger partial charge in [0.2, 0.25) is 5.91 Å². The van der Waals surface area contributed by atoms with E-state index in [1.165, 1.54) is 0 Å². The van der Waals surface area contributed by atoms with Gasteiger partial charge in [-0.05, 0) is 36.1 Å². The van der Waals surface area contributed by atoms with Gasteiger partial charge in [0.1, 0.15) is 18.1 Å². The van der Waals surface area contributed by atoms with Gasteiger partial charge in [0.15, 0.2) is 0 Å². The highest BCUT2D eigenvalue weighted by molar-refractivity contribution is 7.87. The predicted octanol–water partition coefficient (Wildman–Crippen LogP) is 0.895. The summed E-state index contributed by atoms with van der Waals surface area (Å²) < 4.78 is 114.